The summed E-state index contributed by atoms with van der Waals surface area (Å²) in [5.74, 6) is 1.33. The monoisotopic (exact) mass is 349 g/mol. The SMILES string of the molecule is COc1cccc(/C=c2/sc3nnc(-c4ccc(C)cc4)n3c2=O)c1. The quantitative estimate of drug-likeness (QED) is 0.571. The van der Waals surface area contributed by atoms with Crippen molar-refractivity contribution in [2.45, 2.75) is 6.92 Å². The zero-order valence-electron chi connectivity index (χ0n) is 13.8. The molecule has 25 heavy (non-hydrogen) atoms. The molecule has 0 spiro atoms. The number of benzene rings is 2. The molecule has 0 unspecified atom stereocenters. The van der Waals surface area contributed by atoms with Crippen LogP contribution in [0.3, 0.4) is 0 Å². The molecule has 0 radical (unpaired) electrons. The maximum Gasteiger partial charge on any atom is 0.276 e. The van der Waals surface area contributed by atoms with Crippen molar-refractivity contribution in [2.24, 2.45) is 0 Å². The number of aryl methyl sites for hydroxylation is 1. The van der Waals surface area contributed by atoms with Crippen LogP contribution >= 0.6 is 11.3 Å². The number of rotatable bonds is 3. The van der Waals surface area contributed by atoms with Crippen molar-refractivity contribution in [3.63, 3.8) is 0 Å². The number of methoxy groups -OCH3 is 1. The third-order valence-corrected chi connectivity index (χ3v) is 4.91. The zero-order valence-corrected chi connectivity index (χ0v) is 14.6. The fraction of sp³-hybridized carbons (Fsp3) is 0.105. The molecular weight excluding hydrogens is 334 g/mol. The topological polar surface area (TPSA) is 56.5 Å². The van der Waals surface area contributed by atoms with Crippen molar-refractivity contribution in [3.05, 3.63) is 74.5 Å². The van der Waals surface area contributed by atoms with Crippen LogP contribution in [0.1, 0.15) is 11.1 Å². The van der Waals surface area contributed by atoms with Gasteiger partial charge in [-0.1, -0.05) is 53.3 Å². The van der Waals surface area contributed by atoms with Crippen molar-refractivity contribution in [3.8, 4) is 17.1 Å². The Balaban J connectivity index is 1.87. The van der Waals surface area contributed by atoms with E-state index < -0.39 is 0 Å². The Hall–Kier alpha value is -2.99. The Morgan fingerprint density at radius 2 is 1.92 bits per heavy atom. The molecule has 0 N–H and O–H groups in total. The highest BCUT2D eigenvalue weighted by atomic mass is 32.1. The standard InChI is InChI=1S/C19H15N3O2S/c1-12-6-8-14(9-7-12)17-20-21-19-22(17)18(23)16(25-19)11-13-4-3-5-15(10-13)24-2/h3-11H,1-2H3/b16-11+. The first-order valence-electron chi connectivity index (χ1n) is 7.76. The van der Waals surface area contributed by atoms with Crippen molar-refractivity contribution < 1.29 is 4.74 Å². The Morgan fingerprint density at radius 1 is 1.12 bits per heavy atom. The lowest BCUT2D eigenvalue weighted by atomic mass is 10.1. The summed E-state index contributed by atoms with van der Waals surface area (Å²) >= 11 is 1.33. The van der Waals surface area contributed by atoms with Crippen LogP contribution in [0, 0.1) is 6.92 Å². The lowest BCUT2D eigenvalue weighted by molar-refractivity contribution is 0.414. The number of hydrogen-bond donors (Lipinski definition) is 0. The Labute approximate surface area is 147 Å². The van der Waals surface area contributed by atoms with E-state index in [1.54, 1.807) is 11.5 Å². The molecule has 0 amide bonds. The van der Waals surface area contributed by atoms with Gasteiger partial charge in [-0.2, -0.15) is 0 Å². The minimum absolute atomic E-state index is 0.108. The predicted octanol–water partition coefficient (Wildman–Crippen LogP) is 2.68. The first kappa shape index (κ1) is 15.5. The summed E-state index contributed by atoms with van der Waals surface area (Å²) in [4.78, 5) is 13.4. The molecule has 0 bridgehead atoms. The van der Waals surface area contributed by atoms with Gasteiger partial charge in [0.1, 0.15) is 5.75 Å². The van der Waals surface area contributed by atoms with Crippen molar-refractivity contribution in [1.82, 2.24) is 14.6 Å². The van der Waals surface area contributed by atoms with Crippen LogP contribution in [0.15, 0.2) is 53.3 Å². The highest BCUT2D eigenvalue weighted by Gasteiger charge is 2.13. The summed E-state index contributed by atoms with van der Waals surface area (Å²) in [5.41, 5.74) is 2.83. The van der Waals surface area contributed by atoms with Crippen molar-refractivity contribution in [1.29, 1.82) is 0 Å². The maximum absolute atomic E-state index is 12.8. The second-order valence-corrected chi connectivity index (χ2v) is 6.71. The average Bonchev–Trinajstić information content (AvgIpc) is 3.17. The van der Waals surface area contributed by atoms with E-state index >= 15 is 0 Å². The summed E-state index contributed by atoms with van der Waals surface area (Å²) in [6.45, 7) is 2.02. The van der Waals surface area contributed by atoms with Crippen LogP contribution in [0.25, 0.3) is 22.4 Å². The van der Waals surface area contributed by atoms with Crippen molar-refractivity contribution >= 4 is 22.4 Å². The first-order valence-corrected chi connectivity index (χ1v) is 8.58. The molecule has 6 heteroatoms. The van der Waals surface area contributed by atoms with Gasteiger partial charge >= 0.3 is 0 Å². The van der Waals surface area contributed by atoms with Crippen molar-refractivity contribution in [2.75, 3.05) is 7.11 Å². The van der Waals surface area contributed by atoms with E-state index in [0.717, 1.165) is 22.4 Å². The second kappa shape index (κ2) is 6.14. The van der Waals surface area contributed by atoms with E-state index in [0.29, 0.717) is 15.3 Å². The molecule has 4 rings (SSSR count). The molecule has 0 atom stereocenters. The fourth-order valence-corrected chi connectivity index (χ4v) is 3.55. The molecule has 4 aromatic rings. The van der Waals surface area contributed by atoms with Gasteiger partial charge in [0.25, 0.3) is 5.56 Å². The van der Waals surface area contributed by atoms with Gasteiger partial charge in [-0.25, -0.2) is 4.40 Å². The summed E-state index contributed by atoms with van der Waals surface area (Å²) in [7, 11) is 1.62. The molecule has 2 aromatic heterocycles. The van der Waals surface area contributed by atoms with Gasteiger partial charge in [-0.05, 0) is 30.7 Å². The number of fused-ring (bicyclic) bond motifs is 1. The molecule has 2 heterocycles. The normalized spacial score (nSPS) is 12.0. The molecule has 0 aliphatic carbocycles. The minimum Gasteiger partial charge on any atom is -0.497 e. The highest BCUT2D eigenvalue weighted by molar-refractivity contribution is 7.15. The zero-order chi connectivity index (χ0) is 17.4. The molecule has 124 valence electrons. The number of nitrogens with zero attached hydrogens (tertiary/aromatic N) is 3. The van der Waals surface area contributed by atoms with Crippen LogP contribution < -0.4 is 14.8 Å². The average molecular weight is 349 g/mol. The van der Waals surface area contributed by atoms with Crippen LogP contribution in [0.4, 0.5) is 0 Å². The third kappa shape index (κ3) is 2.81. The van der Waals surface area contributed by atoms with Gasteiger partial charge in [0.15, 0.2) is 5.82 Å². The first-order chi connectivity index (χ1) is 12.2. The Morgan fingerprint density at radius 3 is 2.68 bits per heavy atom. The molecule has 0 fully saturated rings. The second-order valence-electron chi connectivity index (χ2n) is 5.70. The smallest absolute Gasteiger partial charge is 0.276 e. The van der Waals surface area contributed by atoms with Gasteiger partial charge in [0.2, 0.25) is 4.96 Å². The Kier molecular flexibility index (Phi) is 3.82. The van der Waals surface area contributed by atoms with E-state index in [4.69, 9.17) is 4.74 Å². The molecule has 5 nitrogen and oxygen atoms in total. The molecule has 0 aliphatic rings. The molecule has 0 aliphatic heterocycles. The van der Waals surface area contributed by atoms with E-state index in [2.05, 4.69) is 10.2 Å². The highest BCUT2D eigenvalue weighted by Crippen LogP contribution is 2.18. The largest absolute Gasteiger partial charge is 0.497 e. The van der Waals surface area contributed by atoms with Gasteiger partial charge in [-0.15, -0.1) is 10.2 Å². The summed E-state index contributed by atoms with van der Waals surface area (Å²) in [6, 6.07) is 15.5. The summed E-state index contributed by atoms with van der Waals surface area (Å²) < 4.78 is 7.42. The number of thiazole rings is 1. The molecule has 0 saturated heterocycles. The van der Waals surface area contributed by atoms with Gasteiger partial charge in [-0.3, -0.25) is 4.79 Å². The number of ether oxygens (including phenoxy) is 1. The molecule has 0 saturated carbocycles. The Bertz CT molecular complexity index is 1160. The van der Waals surface area contributed by atoms with E-state index in [9.17, 15) is 4.79 Å². The van der Waals surface area contributed by atoms with E-state index in [1.807, 2.05) is 61.5 Å². The van der Waals surface area contributed by atoms with E-state index in [1.165, 1.54) is 11.3 Å². The van der Waals surface area contributed by atoms with Gasteiger partial charge < -0.3 is 4.74 Å². The lowest BCUT2D eigenvalue weighted by Crippen LogP contribution is -2.23. The maximum atomic E-state index is 12.8. The predicted molar refractivity (Wildman–Crippen MR) is 99.1 cm³/mol. The summed E-state index contributed by atoms with van der Waals surface area (Å²) in [5, 5.41) is 8.34. The minimum atomic E-state index is -0.108. The van der Waals surface area contributed by atoms with Gasteiger partial charge in [0, 0.05) is 5.56 Å². The fourth-order valence-electron chi connectivity index (χ4n) is 2.63. The lowest BCUT2D eigenvalue weighted by Gasteiger charge is -1.99. The molecule has 2 aromatic carbocycles. The van der Waals surface area contributed by atoms with Crippen LogP contribution in [-0.2, 0) is 0 Å². The van der Waals surface area contributed by atoms with Gasteiger partial charge in [0.05, 0.1) is 11.6 Å². The number of aromatic nitrogens is 3. The summed E-state index contributed by atoms with van der Waals surface area (Å²) in [6.07, 6.45) is 1.85. The van der Waals surface area contributed by atoms with E-state index in [-0.39, 0.29) is 5.56 Å². The molecular formula is C19H15N3O2S. The van der Waals surface area contributed by atoms with Crippen LogP contribution in [0.2, 0.25) is 0 Å². The van der Waals surface area contributed by atoms with Crippen LogP contribution in [0.5, 0.6) is 5.75 Å². The van der Waals surface area contributed by atoms with Crippen LogP contribution in [-0.4, -0.2) is 21.7 Å². The third-order valence-electron chi connectivity index (χ3n) is 3.95. The number of hydrogen-bond acceptors (Lipinski definition) is 5.